The fourth-order valence-electron chi connectivity index (χ4n) is 3.05. The maximum absolute atomic E-state index is 12.5. The molecule has 1 saturated carbocycles. The zero-order chi connectivity index (χ0) is 15.9. The average molecular weight is 305 g/mol. The Hall–Kier alpha value is -2.38. The van der Waals surface area contributed by atoms with E-state index in [1.807, 2.05) is 6.92 Å². The van der Waals surface area contributed by atoms with Crippen LogP contribution < -0.4 is 10.7 Å². The van der Waals surface area contributed by atoms with Gasteiger partial charge in [-0.3, -0.25) is 19.7 Å². The summed E-state index contributed by atoms with van der Waals surface area (Å²) >= 11 is 0. The summed E-state index contributed by atoms with van der Waals surface area (Å²) in [5.41, 5.74) is 2.50. The molecular weight excluding hydrogens is 286 g/mol. The quantitative estimate of drug-likeness (QED) is 0.783. The number of hydrogen-bond acceptors (Lipinski definition) is 4. The Morgan fingerprint density at radius 3 is 2.59 bits per heavy atom. The van der Waals surface area contributed by atoms with Crippen LogP contribution in [0.25, 0.3) is 0 Å². The van der Waals surface area contributed by atoms with Gasteiger partial charge in [-0.25, -0.2) is 4.79 Å². The minimum absolute atomic E-state index is 0.171. The number of urea groups is 1. The summed E-state index contributed by atoms with van der Waals surface area (Å²) in [4.78, 5) is 36.8. The summed E-state index contributed by atoms with van der Waals surface area (Å²) in [6, 6.07) is 1.03. The molecule has 0 atom stereocenters. The molecule has 118 valence electrons. The van der Waals surface area contributed by atoms with Gasteiger partial charge in [-0.05, 0) is 25.8 Å². The Kier molecular flexibility index (Phi) is 3.38. The van der Waals surface area contributed by atoms with Gasteiger partial charge in [-0.1, -0.05) is 19.3 Å². The van der Waals surface area contributed by atoms with E-state index in [-0.39, 0.29) is 11.6 Å². The van der Waals surface area contributed by atoms with Crippen LogP contribution in [0, 0.1) is 6.92 Å². The molecule has 2 N–H and O–H groups in total. The monoisotopic (exact) mass is 305 g/mol. The highest BCUT2D eigenvalue weighted by atomic mass is 16.2. The molecule has 0 unspecified atom stereocenters. The number of nitrogens with one attached hydrogen (secondary N) is 2. The maximum Gasteiger partial charge on any atom is 0.344 e. The highest BCUT2D eigenvalue weighted by Crippen LogP contribution is 2.33. The lowest BCUT2D eigenvalue weighted by atomic mass is 9.82. The smallest absolute Gasteiger partial charge is 0.322 e. The van der Waals surface area contributed by atoms with E-state index < -0.39 is 17.5 Å². The van der Waals surface area contributed by atoms with Gasteiger partial charge in [0.1, 0.15) is 5.54 Å². The number of hydrogen-bond donors (Lipinski definition) is 2. The van der Waals surface area contributed by atoms with Gasteiger partial charge in [0.2, 0.25) is 0 Å². The van der Waals surface area contributed by atoms with E-state index in [1.54, 1.807) is 17.8 Å². The molecule has 1 aliphatic heterocycles. The summed E-state index contributed by atoms with van der Waals surface area (Å²) in [5, 5.41) is 7.57. The van der Waals surface area contributed by atoms with Crippen LogP contribution in [-0.4, -0.2) is 38.2 Å². The molecule has 1 aliphatic carbocycles. The van der Waals surface area contributed by atoms with Gasteiger partial charge in [-0.2, -0.15) is 10.1 Å². The largest absolute Gasteiger partial charge is 0.344 e. The van der Waals surface area contributed by atoms with Crippen molar-refractivity contribution < 1.29 is 14.4 Å². The number of amides is 4. The average Bonchev–Trinajstić information content (AvgIpc) is 2.93. The van der Waals surface area contributed by atoms with Gasteiger partial charge in [0.25, 0.3) is 11.8 Å². The summed E-state index contributed by atoms with van der Waals surface area (Å²) < 4.78 is 1.56. The van der Waals surface area contributed by atoms with Crippen molar-refractivity contribution in [2.24, 2.45) is 7.05 Å². The molecule has 1 saturated heterocycles. The van der Waals surface area contributed by atoms with E-state index in [4.69, 9.17) is 0 Å². The molecule has 0 bridgehead atoms. The van der Waals surface area contributed by atoms with Crippen molar-refractivity contribution in [3.63, 3.8) is 0 Å². The number of rotatable bonds is 2. The fraction of sp³-hybridized carbons (Fsp3) is 0.571. The zero-order valence-corrected chi connectivity index (χ0v) is 12.7. The highest BCUT2D eigenvalue weighted by molar-refractivity contribution is 6.09. The van der Waals surface area contributed by atoms with E-state index >= 15 is 0 Å². The van der Waals surface area contributed by atoms with Crippen molar-refractivity contribution in [2.45, 2.75) is 44.6 Å². The van der Waals surface area contributed by atoms with Crippen LogP contribution >= 0.6 is 0 Å². The first-order valence-corrected chi connectivity index (χ1v) is 7.41. The molecule has 0 aromatic carbocycles. The molecule has 1 spiro atoms. The van der Waals surface area contributed by atoms with E-state index in [0.29, 0.717) is 12.8 Å². The summed E-state index contributed by atoms with van der Waals surface area (Å²) in [6.45, 7) is 1.81. The van der Waals surface area contributed by atoms with Gasteiger partial charge in [0.05, 0.1) is 0 Å². The second-order valence-corrected chi connectivity index (χ2v) is 5.95. The lowest BCUT2D eigenvalue weighted by Gasteiger charge is -2.30. The predicted molar refractivity (Wildman–Crippen MR) is 76.6 cm³/mol. The van der Waals surface area contributed by atoms with Crippen LogP contribution in [0.1, 0.15) is 48.3 Å². The van der Waals surface area contributed by atoms with Gasteiger partial charge in [0, 0.05) is 12.7 Å². The Bertz CT molecular complexity index is 625. The first-order valence-electron chi connectivity index (χ1n) is 7.41. The Balaban J connectivity index is 1.76. The first-order chi connectivity index (χ1) is 10.4. The number of carbonyl (C=O) groups excluding carboxylic acids is 3. The van der Waals surface area contributed by atoms with Crippen molar-refractivity contribution in [1.29, 1.82) is 0 Å². The van der Waals surface area contributed by atoms with Gasteiger partial charge in [0.15, 0.2) is 5.69 Å². The van der Waals surface area contributed by atoms with Crippen molar-refractivity contribution in [3.05, 3.63) is 17.5 Å². The normalized spacial score (nSPS) is 20.4. The standard InChI is InChI=1S/C14H19N5O3/c1-9-8-10(16-18(9)2)11(20)17-19-12(21)14(15-13(19)22)6-4-3-5-7-14/h8H,3-7H2,1-2H3,(H,15,22)(H,17,20). The molecular formula is C14H19N5O3. The fourth-order valence-corrected chi connectivity index (χ4v) is 3.05. The van der Waals surface area contributed by atoms with Crippen LogP contribution in [0.15, 0.2) is 6.07 Å². The third kappa shape index (κ3) is 2.24. The van der Waals surface area contributed by atoms with E-state index in [1.165, 1.54) is 0 Å². The minimum Gasteiger partial charge on any atom is -0.322 e. The summed E-state index contributed by atoms with van der Waals surface area (Å²) in [7, 11) is 1.72. The SMILES string of the molecule is Cc1cc(C(=O)NN2C(=O)NC3(CCCCC3)C2=O)nn1C. The lowest BCUT2D eigenvalue weighted by molar-refractivity contribution is -0.134. The zero-order valence-electron chi connectivity index (χ0n) is 12.7. The minimum atomic E-state index is -0.845. The van der Waals surface area contributed by atoms with Crippen molar-refractivity contribution in [3.8, 4) is 0 Å². The van der Waals surface area contributed by atoms with E-state index in [0.717, 1.165) is 30.0 Å². The van der Waals surface area contributed by atoms with Crippen LogP contribution in [-0.2, 0) is 11.8 Å². The molecule has 3 rings (SSSR count). The summed E-state index contributed by atoms with van der Waals surface area (Å²) in [5.74, 6) is -0.946. The molecule has 1 aromatic rings. The number of nitrogens with zero attached hydrogens (tertiary/aromatic N) is 3. The third-order valence-corrected chi connectivity index (χ3v) is 4.43. The molecule has 2 heterocycles. The molecule has 22 heavy (non-hydrogen) atoms. The number of carbonyl (C=O) groups is 3. The molecule has 4 amide bonds. The second kappa shape index (κ2) is 5.11. The molecule has 8 nitrogen and oxygen atoms in total. The van der Waals surface area contributed by atoms with Crippen molar-refractivity contribution in [1.82, 2.24) is 25.5 Å². The van der Waals surface area contributed by atoms with Gasteiger partial charge < -0.3 is 5.32 Å². The number of aromatic nitrogens is 2. The predicted octanol–water partition coefficient (Wildman–Crippen LogP) is 0.628. The first kappa shape index (κ1) is 14.6. The lowest BCUT2D eigenvalue weighted by Crippen LogP contribution is -2.51. The molecule has 8 heteroatoms. The second-order valence-electron chi connectivity index (χ2n) is 5.95. The van der Waals surface area contributed by atoms with Crippen molar-refractivity contribution >= 4 is 17.8 Å². The maximum atomic E-state index is 12.5. The topological polar surface area (TPSA) is 96.3 Å². The number of hydrazine groups is 1. The third-order valence-electron chi connectivity index (χ3n) is 4.43. The van der Waals surface area contributed by atoms with E-state index in [9.17, 15) is 14.4 Å². The van der Waals surface area contributed by atoms with Crippen molar-refractivity contribution in [2.75, 3.05) is 0 Å². The molecule has 0 radical (unpaired) electrons. The molecule has 2 aliphatic rings. The van der Waals surface area contributed by atoms with Crippen LogP contribution in [0.2, 0.25) is 0 Å². The van der Waals surface area contributed by atoms with Crippen LogP contribution in [0.4, 0.5) is 4.79 Å². The van der Waals surface area contributed by atoms with E-state index in [2.05, 4.69) is 15.8 Å². The Morgan fingerprint density at radius 2 is 2.00 bits per heavy atom. The van der Waals surface area contributed by atoms with Crippen LogP contribution in [0.5, 0.6) is 0 Å². The number of imide groups is 1. The Labute approximate surface area is 127 Å². The molecule has 2 fully saturated rings. The van der Waals surface area contributed by atoms with Gasteiger partial charge in [-0.15, -0.1) is 0 Å². The highest BCUT2D eigenvalue weighted by Gasteiger charge is 2.52. The van der Waals surface area contributed by atoms with Crippen LogP contribution in [0.3, 0.4) is 0 Å². The summed E-state index contributed by atoms with van der Waals surface area (Å²) in [6.07, 6.45) is 4.09. The molecule has 1 aromatic heterocycles. The number of aryl methyl sites for hydroxylation is 2. The Morgan fingerprint density at radius 1 is 1.32 bits per heavy atom. The van der Waals surface area contributed by atoms with Gasteiger partial charge >= 0.3 is 6.03 Å².